The number of rotatable bonds is 6. The van der Waals surface area contributed by atoms with Gasteiger partial charge in [0.25, 0.3) is 0 Å². The van der Waals surface area contributed by atoms with E-state index in [1.807, 2.05) is 0 Å². The highest BCUT2D eigenvalue weighted by Crippen LogP contribution is 2.48. The first-order chi connectivity index (χ1) is 15.1. The fourth-order valence-corrected chi connectivity index (χ4v) is 6.12. The molecule has 3 aliphatic rings. The number of aliphatic carboxylic acids is 1. The van der Waals surface area contributed by atoms with E-state index < -0.39 is 10.7 Å². The normalized spacial score (nSPS) is 19.1. The molecule has 5 nitrogen and oxygen atoms in total. The van der Waals surface area contributed by atoms with E-state index in [4.69, 9.17) is 9.97 Å². The van der Waals surface area contributed by atoms with Crippen LogP contribution in [0.1, 0.15) is 61.3 Å². The van der Waals surface area contributed by atoms with Gasteiger partial charge in [0.1, 0.15) is 10.6 Å². The van der Waals surface area contributed by atoms with Crippen LogP contribution in [0.4, 0.5) is 11.5 Å². The first kappa shape index (κ1) is 19.1. The Morgan fingerprint density at radius 2 is 1.84 bits per heavy atom. The van der Waals surface area contributed by atoms with Gasteiger partial charge in [0.15, 0.2) is 5.16 Å². The molecular formula is C25H25N3O2S. The van der Waals surface area contributed by atoms with Gasteiger partial charge in [0.05, 0.1) is 5.69 Å². The molecule has 0 radical (unpaired) electrons. The molecule has 0 amide bonds. The van der Waals surface area contributed by atoms with E-state index in [0.717, 1.165) is 42.9 Å². The summed E-state index contributed by atoms with van der Waals surface area (Å²) >= 11 is 1.33. The number of aromatic nitrogens is 2. The van der Waals surface area contributed by atoms with Gasteiger partial charge in [-0.1, -0.05) is 42.1 Å². The van der Waals surface area contributed by atoms with Gasteiger partial charge in [-0.05, 0) is 74.3 Å². The fourth-order valence-electron chi connectivity index (χ4n) is 4.90. The molecule has 2 aromatic carbocycles. The highest BCUT2D eigenvalue weighted by molar-refractivity contribution is 8.01. The molecular weight excluding hydrogens is 406 g/mol. The minimum absolute atomic E-state index is 0.587. The maximum absolute atomic E-state index is 11.9. The number of hydrogen-bond acceptors (Lipinski definition) is 5. The number of anilines is 2. The zero-order chi connectivity index (χ0) is 21.0. The predicted octanol–water partition coefficient (Wildman–Crippen LogP) is 5.84. The molecule has 3 aromatic rings. The Morgan fingerprint density at radius 1 is 1.03 bits per heavy atom. The topological polar surface area (TPSA) is 75.1 Å². The molecule has 0 bridgehead atoms. The summed E-state index contributed by atoms with van der Waals surface area (Å²) in [5.74, 6) is 0.790. The van der Waals surface area contributed by atoms with Crippen LogP contribution in [0.3, 0.4) is 0 Å². The van der Waals surface area contributed by atoms with Crippen LogP contribution in [0.2, 0.25) is 0 Å². The van der Waals surface area contributed by atoms with Crippen LogP contribution in [-0.2, 0) is 17.6 Å². The summed E-state index contributed by atoms with van der Waals surface area (Å²) in [7, 11) is 0. The standard InChI is InChI=1S/C25H25N3O2S/c29-23(30)25(13-4-14-25)31-24-27-20-8-3-7-19(20)22(28-24)26-21-12-11-16(15-9-10-15)17-5-1-2-6-18(17)21/h1-2,5-6,11-12,15H,3-4,7-10,13-14H2,(H,29,30)(H,26,27,28). The Kier molecular flexibility index (Phi) is 4.46. The summed E-state index contributed by atoms with van der Waals surface area (Å²) in [6.45, 7) is 0. The third-order valence-corrected chi connectivity index (χ3v) is 8.32. The van der Waals surface area contributed by atoms with Crippen molar-refractivity contribution in [1.82, 2.24) is 9.97 Å². The maximum atomic E-state index is 11.9. The van der Waals surface area contributed by atoms with Gasteiger partial charge in [-0.3, -0.25) is 4.79 Å². The number of benzene rings is 2. The number of aryl methyl sites for hydroxylation is 1. The van der Waals surface area contributed by atoms with E-state index in [0.29, 0.717) is 23.9 Å². The average molecular weight is 432 g/mol. The van der Waals surface area contributed by atoms with Crippen molar-refractivity contribution in [1.29, 1.82) is 0 Å². The van der Waals surface area contributed by atoms with Gasteiger partial charge in [-0.15, -0.1) is 0 Å². The second kappa shape index (κ2) is 7.23. The number of carboxylic acids is 1. The largest absolute Gasteiger partial charge is 0.480 e. The summed E-state index contributed by atoms with van der Waals surface area (Å²) < 4.78 is -0.761. The number of thioether (sulfide) groups is 1. The van der Waals surface area contributed by atoms with Crippen LogP contribution < -0.4 is 5.32 Å². The molecule has 2 fully saturated rings. The average Bonchev–Trinajstić information content (AvgIpc) is 3.47. The molecule has 1 heterocycles. The zero-order valence-electron chi connectivity index (χ0n) is 17.4. The SMILES string of the molecule is O=C(O)C1(Sc2nc3c(c(Nc4ccc(C5CC5)c5ccccc45)n2)CCC3)CCC1. The second-order valence-corrected chi connectivity index (χ2v) is 10.4. The van der Waals surface area contributed by atoms with Gasteiger partial charge in [-0.2, -0.15) is 0 Å². The Bertz CT molecular complexity index is 1200. The van der Waals surface area contributed by atoms with Crippen LogP contribution in [-0.4, -0.2) is 25.8 Å². The van der Waals surface area contributed by atoms with Crippen molar-refractivity contribution in [2.24, 2.45) is 0 Å². The molecule has 31 heavy (non-hydrogen) atoms. The first-order valence-electron chi connectivity index (χ1n) is 11.2. The molecule has 0 aliphatic heterocycles. The first-order valence-corrected chi connectivity index (χ1v) is 12.1. The molecule has 158 valence electrons. The molecule has 2 N–H and O–H groups in total. The van der Waals surface area contributed by atoms with E-state index in [1.165, 1.54) is 46.5 Å². The minimum Gasteiger partial charge on any atom is -0.480 e. The molecule has 3 aliphatic carbocycles. The van der Waals surface area contributed by atoms with Gasteiger partial charge in [0.2, 0.25) is 0 Å². The number of carbonyl (C=O) groups is 1. The highest BCUT2D eigenvalue weighted by Gasteiger charge is 2.46. The van der Waals surface area contributed by atoms with Crippen LogP contribution in [0.25, 0.3) is 10.8 Å². The van der Waals surface area contributed by atoms with Gasteiger partial charge in [0, 0.05) is 16.6 Å². The molecule has 6 heteroatoms. The van der Waals surface area contributed by atoms with Crippen LogP contribution >= 0.6 is 11.8 Å². The lowest BCUT2D eigenvalue weighted by Gasteiger charge is -2.36. The van der Waals surface area contributed by atoms with Crippen molar-refractivity contribution in [2.45, 2.75) is 67.2 Å². The lowest BCUT2D eigenvalue weighted by Crippen LogP contribution is -2.42. The van der Waals surface area contributed by atoms with Crippen molar-refractivity contribution in [3.63, 3.8) is 0 Å². The van der Waals surface area contributed by atoms with Crippen LogP contribution in [0, 0.1) is 0 Å². The third kappa shape index (κ3) is 3.28. The van der Waals surface area contributed by atoms with Gasteiger partial charge >= 0.3 is 5.97 Å². The number of nitrogens with zero attached hydrogens (tertiary/aromatic N) is 2. The molecule has 0 saturated heterocycles. The van der Waals surface area contributed by atoms with Crippen molar-refractivity contribution in [3.05, 3.63) is 53.2 Å². The summed E-state index contributed by atoms with van der Waals surface area (Å²) in [5, 5.41) is 16.5. The van der Waals surface area contributed by atoms with Crippen molar-refractivity contribution >= 4 is 40.0 Å². The Morgan fingerprint density at radius 3 is 2.55 bits per heavy atom. The van der Waals surface area contributed by atoms with Crippen molar-refractivity contribution in [2.75, 3.05) is 5.32 Å². The number of nitrogens with one attached hydrogen (secondary N) is 1. The number of carboxylic acid groups (broad SMARTS) is 1. The maximum Gasteiger partial charge on any atom is 0.320 e. The monoisotopic (exact) mass is 431 g/mol. The van der Waals surface area contributed by atoms with E-state index >= 15 is 0 Å². The van der Waals surface area contributed by atoms with E-state index in [9.17, 15) is 9.90 Å². The summed E-state index contributed by atoms with van der Waals surface area (Å²) in [5.41, 5.74) is 4.75. The summed E-state index contributed by atoms with van der Waals surface area (Å²) in [6, 6.07) is 13.0. The minimum atomic E-state index is -0.761. The van der Waals surface area contributed by atoms with Crippen molar-refractivity contribution < 1.29 is 9.90 Å². The van der Waals surface area contributed by atoms with Gasteiger partial charge in [-0.25, -0.2) is 9.97 Å². The Balaban J connectivity index is 1.39. The smallest absolute Gasteiger partial charge is 0.320 e. The summed E-state index contributed by atoms with van der Waals surface area (Å²) in [4.78, 5) is 21.5. The molecule has 0 atom stereocenters. The number of hydrogen-bond donors (Lipinski definition) is 2. The quantitative estimate of drug-likeness (QED) is 0.478. The second-order valence-electron chi connectivity index (χ2n) is 9.04. The third-order valence-electron chi connectivity index (χ3n) is 6.98. The van der Waals surface area contributed by atoms with E-state index in [-0.39, 0.29) is 0 Å². The van der Waals surface area contributed by atoms with Gasteiger partial charge < -0.3 is 10.4 Å². The lowest BCUT2D eigenvalue weighted by molar-refractivity contribution is -0.142. The van der Waals surface area contributed by atoms with E-state index in [2.05, 4.69) is 41.7 Å². The Labute approximate surface area is 185 Å². The fraction of sp³-hybridized carbons (Fsp3) is 0.400. The lowest BCUT2D eigenvalue weighted by atomic mass is 9.84. The molecule has 6 rings (SSSR count). The molecule has 2 saturated carbocycles. The molecule has 0 unspecified atom stereocenters. The zero-order valence-corrected chi connectivity index (χ0v) is 18.2. The van der Waals surface area contributed by atoms with Crippen molar-refractivity contribution in [3.8, 4) is 0 Å². The number of fused-ring (bicyclic) bond motifs is 2. The molecule has 1 aromatic heterocycles. The van der Waals surface area contributed by atoms with E-state index in [1.54, 1.807) is 0 Å². The Hall–Kier alpha value is -2.60. The molecule has 0 spiro atoms. The summed E-state index contributed by atoms with van der Waals surface area (Å²) in [6.07, 6.45) is 7.84. The highest BCUT2D eigenvalue weighted by atomic mass is 32.2. The van der Waals surface area contributed by atoms with Crippen LogP contribution in [0.5, 0.6) is 0 Å². The van der Waals surface area contributed by atoms with Crippen LogP contribution in [0.15, 0.2) is 41.6 Å². The predicted molar refractivity (Wildman–Crippen MR) is 123 cm³/mol.